The van der Waals surface area contributed by atoms with E-state index in [2.05, 4.69) is 19.8 Å². The Morgan fingerprint density at radius 2 is 1.31 bits per heavy atom. The van der Waals surface area contributed by atoms with Gasteiger partial charge in [0.25, 0.3) is 11.2 Å². The van der Waals surface area contributed by atoms with Crippen LogP contribution in [-0.2, 0) is 0 Å². The SMILES string of the molecule is N=c1nc(N2CCCCC2)cc(N)n1O.N=c1nc(N2CCCCC2)ccn1O. The Balaban J connectivity index is 0.000000166. The van der Waals surface area contributed by atoms with Gasteiger partial charge in [0.1, 0.15) is 17.5 Å². The Bertz CT molecular complexity index is 928. The molecule has 0 radical (unpaired) electrons. The number of anilines is 3. The summed E-state index contributed by atoms with van der Waals surface area (Å²) in [6, 6.07) is 3.34. The van der Waals surface area contributed by atoms with Crippen molar-refractivity contribution in [3.63, 3.8) is 0 Å². The fourth-order valence-corrected chi connectivity index (χ4v) is 3.49. The first-order valence-electron chi connectivity index (χ1n) is 9.92. The molecule has 0 aliphatic carbocycles. The lowest BCUT2D eigenvalue weighted by Crippen LogP contribution is -2.33. The van der Waals surface area contributed by atoms with Crippen molar-refractivity contribution in [1.82, 2.24) is 19.4 Å². The molecule has 0 spiro atoms. The van der Waals surface area contributed by atoms with Crippen LogP contribution in [0.4, 0.5) is 17.5 Å². The Morgan fingerprint density at radius 3 is 1.83 bits per heavy atom. The fourth-order valence-electron chi connectivity index (χ4n) is 3.49. The molecule has 2 aromatic heterocycles. The van der Waals surface area contributed by atoms with E-state index < -0.39 is 0 Å². The number of nitrogens with zero attached hydrogens (tertiary/aromatic N) is 6. The molecule has 11 nitrogen and oxygen atoms in total. The van der Waals surface area contributed by atoms with Gasteiger partial charge >= 0.3 is 0 Å². The average Bonchev–Trinajstić information content (AvgIpc) is 2.75. The highest BCUT2D eigenvalue weighted by Gasteiger charge is 2.14. The summed E-state index contributed by atoms with van der Waals surface area (Å²) in [6.45, 7) is 3.90. The minimum atomic E-state index is -0.226. The van der Waals surface area contributed by atoms with Crippen LogP contribution < -0.4 is 26.8 Å². The third-order valence-corrected chi connectivity index (χ3v) is 5.11. The number of hydrogen-bond acceptors (Lipinski definition) is 9. The molecule has 2 aliphatic heterocycles. The van der Waals surface area contributed by atoms with Crippen molar-refractivity contribution < 1.29 is 10.4 Å². The van der Waals surface area contributed by atoms with Gasteiger partial charge in [-0.2, -0.15) is 14.7 Å². The molecule has 0 aromatic carbocycles. The maximum atomic E-state index is 9.25. The Labute approximate surface area is 168 Å². The van der Waals surface area contributed by atoms with E-state index in [0.29, 0.717) is 15.3 Å². The molecule has 0 saturated carbocycles. The summed E-state index contributed by atoms with van der Waals surface area (Å²) in [7, 11) is 0. The van der Waals surface area contributed by atoms with Gasteiger partial charge in [-0.15, -0.1) is 4.73 Å². The van der Waals surface area contributed by atoms with Gasteiger partial charge in [0.05, 0.1) is 6.20 Å². The molecule has 2 fully saturated rings. The summed E-state index contributed by atoms with van der Waals surface area (Å²) in [4.78, 5) is 12.2. The standard InChI is InChI=1S/C9H15N5O.C9H14N4O/c10-7-6-8(12-9(11)14(7)15)13-4-2-1-3-5-13;10-9-11-8(4-7-13(9)14)12-5-2-1-3-6-12/h6,11,15H,1-5,10H2;4,7,10,14H,1-3,5-6H2. The van der Waals surface area contributed by atoms with Crippen molar-refractivity contribution in [1.29, 1.82) is 10.8 Å². The molecule has 2 aromatic rings. The molecular formula is C18H29N9O2. The summed E-state index contributed by atoms with van der Waals surface area (Å²) < 4.78 is 1.29. The molecule has 11 heteroatoms. The number of hydrogen-bond donors (Lipinski definition) is 5. The van der Waals surface area contributed by atoms with Crippen LogP contribution in [0.25, 0.3) is 0 Å². The Hall–Kier alpha value is -3.24. The summed E-state index contributed by atoms with van der Waals surface area (Å²) in [5.74, 6) is 1.62. The third kappa shape index (κ3) is 5.18. The fraction of sp³-hybridized carbons (Fsp3) is 0.556. The van der Waals surface area contributed by atoms with Gasteiger partial charge < -0.3 is 25.9 Å². The lowest BCUT2D eigenvalue weighted by molar-refractivity contribution is 0.165. The highest BCUT2D eigenvalue weighted by atomic mass is 16.5. The first-order chi connectivity index (χ1) is 14.0. The van der Waals surface area contributed by atoms with Crippen molar-refractivity contribution in [2.45, 2.75) is 38.5 Å². The van der Waals surface area contributed by atoms with Gasteiger partial charge in [-0.05, 0) is 38.5 Å². The van der Waals surface area contributed by atoms with E-state index in [-0.39, 0.29) is 17.1 Å². The van der Waals surface area contributed by atoms with E-state index >= 15 is 0 Å². The van der Waals surface area contributed by atoms with Crippen LogP contribution in [0.5, 0.6) is 0 Å². The zero-order valence-corrected chi connectivity index (χ0v) is 16.5. The molecule has 29 heavy (non-hydrogen) atoms. The summed E-state index contributed by atoms with van der Waals surface area (Å²) >= 11 is 0. The first kappa shape index (κ1) is 20.5. The second-order valence-electron chi connectivity index (χ2n) is 7.22. The molecular weight excluding hydrogens is 374 g/mol. The molecule has 0 atom stereocenters. The largest absolute Gasteiger partial charge is 0.425 e. The minimum absolute atomic E-state index is 0.118. The number of aromatic nitrogens is 4. The molecule has 0 unspecified atom stereocenters. The van der Waals surface area contributed by atoms with Crippen LogP contribution >= 0.6 is 0 Å². The van der Waals surface area contributed by atoms with Crippen molar-refractivity contribution in [3.8, 4) is 0 Å². The van der Waals surface area contributed by atoms with Crippen molar-refractivity contribution >= 4 is 17.5 Å². The third-order valence-electron chi connectivity index (χ3n) is 5.11. The Kier molecular flexibility index (Phi) is 6.57. The Morgan fingerprint density at radius 1 is 0.793 bits per heavy atom. The summed E-state index contributed by atoms with van der Waals surface area (Å²) in [5.41, 5.74) is 5.21. The quantitative estimate of drug-likeness (QED) is 0.463. The van der Waals surface area contributed by atoms with Crippen LogP contribution in [0.2, 0.25) is 0 Å². The maximum Gasteiger partial charge on any atom is 0.259 e. The lowest BCUT2D eigenvalue weighted by Gasteiger charge is -2.27. The van der Waals surface area contributed by atoms with Crippen molar-refractivity contribution in [2.24, 2.45) is 0 Å². The van der Waals surface area contributed by atoms with E-state index in [4.69, 9.17) is 21.8 Å². The highest BCUT2D eigenvalue weighted by Crippen LogP contribution is 2.17. The molecule has 0 bridgehead atoms. The predicted octanol–water partition coefficient (Wildman–Crippen LogP) is 0.763. The van der Waals surface area contributed by atoms with Crippen molar-refractivity contribution in [2.75, 3.05) is 41.7 Å². The molecule has 2 saturated heterocycles. The van der Waals surface area contributed by atoms with E-state index in [1.165, 1.54) is 31.9 Å². The van der Waals surface area contributed by atoms with Crippen LogP contribution in [0.3, 0.4) is 0 Å². The van der Waals surface area contributed by atoms with Crippen LogP contribution in [-0.4, -0.2) is 56.0 Å². The number of nitrogens with one attached hydrogen (secondary N) is 2. The lowest BCUT2D eigenvalue weighted by atomic mass is 10.1. The normalized spacial score (nSPS) is 16.8. The summed E-state index contributed by atoms with van der Waals surface area (Å²) in [5, 5.41) is 33.1. The zero-order valence-electron chi connectivity index (χ0n) is 16.5. The topological polar surface area (TPSA) is 156 Å². The second kappa shape index (κ2) is 9.30. The van der Waals surface area contributed by atoms with E-state index in [0.717, 1.165) is 44.8 Å². The van der Waals surface area contributed by atoms with Gasteiger partial charge in [0.15, 0.2) is 0 Å². The molecule has 0 amide bonds. The van der Waals surface area contributed by atoms with Crippen LogP contribution in [0.15, 0.2) is 18.3 Å². The molecule has 6 N–H and O–H groups in total. The molecule has 2 aliphatic rings. The van der Waals surface area contributed by atoms with E-state index in [1.807, 2.05) is 0 Å². The molecule has 158 valence electrons. The van der Waals surface area contributed by atoms with Crippen molar-refractivity contribution in [3.05, 3.63) is 29.6 Å². The van der Waals surface area contributed by atoms with E-state index in [1.54, 1.807) is 12.1 Å². The van der Waals surface area contributed by atoms with Crippen LogP contribution in [0.1, 0.15) is 38.5 Å². The van der Waals surface area contributed by atoms with Gasteiger partial charge in [-0.25, -0.2) is 0 Å². The van der Waals surface area contributed by atoms with Gasteiger partial charge in [0, 0.05) is 38.3 Å². The maximum absolute atomic E-state index is 9.25. The first-order valence-corrected chi connectivity index (χ1v) is 9.92. The number of rotatable bonds is 2. The zero-order chi connectivity index (χ0) is 20.8. The van der Waals surface area contributed by atoms with Gasteiger partial charge in [-0.3, -0.25) is 10.8 Å². The molecule has 4 heterocycles. The molecule has 4 rings (SSSR count). The van der Waals surface area contributed by atoms with E-state index in [9.17, 15) is 5.21 Å². The minimum Gasteiger partial charge on any atom is -0.425 e. The number of nitrogen functional groups attached to an aromatic ring is 1. The average molecular weight is 403 g/mol. The number of nitrogens with two attached hydrogens (primary N) is 1. The highest BCUT2D eigenvalue weighted by molar-refractivity contribution is 5.46. The summed E-state index contributed by atoms with van der Waals surface area (Å²) in [6.07, 6.45) is 8.63. The monoisotopic (exact) mass is 403 g/mol. The van der Waals surface area contributed by atoms with Gasteiger partial charge in [0.2, 0.25) is 0 Å². The number of piperidine rings is 2. The van der Waals surface area contributed by atoms with Crippen LogP contribution in [0, 0.1) is 10.8 Å². The second-order valence-corrected chi connectivity index (χ2v) is 7.22. The van der Waals surface area contributed by atoms with Gasteiger partial charge in [-0.1, -0.05) is 0 Å². The smallest absolute Gasteiger partial charge is 0.259 e. The predicted molar refractivity (Wildman–Crippen MR) is 107 cm³/mol.